The van der Waals surface area contributed by atoms with Crippen LogP contribution < -0.4 is 20.7 Å². The van der Waals surface area contributed by atoms with E-state index in [1.165, 1.54) is 6.21 Å². The van der Waals surface area contributed by atoms with Gasteiger partial charge in [0.2, 0.25) is 5.95 Å². The summed E-state index contributed by atoms with van der Waals surface area (Å²) < 4.78 is 5.57. The summed E-state index contributed by atoms with van der Waals surface area (Å²) >= 11 is 0. The van der Waals surface area contributed by atoms with E-state index in [4.69, 9.17) is 15.1 Å². The second-order valence-electron chi connectivity index (χ2n) is 8.60. The second kappa shape index (κ2) is 9.64. The van der Waals surface area contributed by atoms with E-state index < -0.39 is 0 Å². The molecule has 0 spiro atoms. The number of pyridine rings is 1. The van der Waals surface area contributed by atoms with Crippen LogP contribution in [0.5, 0.6) is 5.75 Å². The molecule has 168 valence electrons. The Morgan fingerprint density at radius 2 is 1.97 bits per heavy atom. The number of nitrogens with zero attached hydrogens (tertiary/aromatic N) is 3. The molecular formula is C24H31N7O. The fourth-order valence-corrected chi connectivity index (χ4v) is 3.00. The quantitative estimate of drug-likeness (QED) is 0.377. The minimum atomic E-state index is 0.0736. The van der Waals surface area contributed by atoms with Gasteiger partial charge in [0.15, 0.2) is 5.82 Å². The molecule has 0 saturated heterocycles. The summed E-state index contributed by atoms with van der Waals surface area (Å²) in [4.78, 5) is 13.7. The molecule has 0 aliphatic rings. The monoisotopic (exact) mass is 433 g/mol. The molecule has 8 heteroatoms. The number of rotatable bonds is 8. The highest BCUT2D eigenvalue weighted by Gasteiger charge is 2.21. The molecule has 1 atom stereocenters. The van der Waals surface area contributed by atoms with E-state index in [1.54, 1.807) is 32.8 Å². The Morgan fingerprint density at radius 1 is 1.19 bits per heavy atom. The van der Waals surface area contributed by atoms with Crippen LogP contribution in [0.25, 0.3) is 16.5 Å². The van der Waals surface area contributed by atoms with Crippen molar-refractivity contribution in [2.45, 2.75) is 33.7 Å². The van der Waals surface area contributed by atoms with Gasteiger partial charge in [-0.3, -0.25) is 0 Å². The number of methoxy groups -OCH3 is 1. The number of allylic oxidation sites excluding steroid dienone is 1. The van der Waals surface area contributed by atoms with Gasteiger partial charge in [0.05, 0.1) is 12.8 Å². The minimum Gasteiger partial charge on any atom is -0.495 e. The molecule has 0 bridgehead atoms. The van der Waals surface area contributed by atoms with Crippen LogP contribution in [0.1, 0.15) is 33.3 Å². The molecule has 1 aromatic carbocycles. The summed E-state index contributed by atoms with van der Waals surface area (Å²) in [5.74, 6) is 1.80. The highest BCUT2D eigenvalue weighted by molar-refractivity contribution is 6.08. The molecule has 8 nitrogen and oxygen atoms in total. The third-order valence-electron chi connectivity index (χ3n) is 5.39. The van der Waals surface area contributed by atoms with Crippen molar-refractivity contribution in [3.63, 3.8) is 0 Å². The van der Waals surface area contributed by atoms with Crippen LogP contribution in [-0.2, 0) is 0 Å². The first-order chi connectivity index (χ1) is 15.3. The van der Waals surface area contributed by atoms with Crippen molar-refractivity contribution >= 4 is 40.1 Å². The average Bonchev–Trinajstić information content (AvgIpc) is 2.77. The zero-order chi connectivity index (χ0) is 23.3. The number of benzene rings is 1. The summed E-state index contributed by atoms with van der Waals surface area (Å²) in [5, 5.41) is 18.2. The van der Waals surface area contributed by atoms with Crippen LogP contribution in [0.3, 0.4) is 0 Å². The fraction of sp³-hybridized carbons (Fsp3) is 0.333. The van der Waals surface area contributed by atoms with Crippen molar-refractivity contribution in [1.82, 2.24) is 20.3 Å². The van der Waals surface area contributed by atoms with E-state index in [0.29, 0.717) is 11.7 Å². The molecular weight excluding hydrogens is 402 g/mol. The number of hydrogen-bond donors (Lipinski definition) is 4. The molecule has 3 aromatic rings. The van der Waals surface area contributed by atoms with Crippen LogP contribution in [-0.4, -0.2) is 41.4 Å². The molecule has 0 amide bonds. The van der Waals surface area contributed by atoms with Gasteiger partial charge < -0.3 is 26.1 Å². The Labute approximate surface area is 189 Å². The summed E-state index contributed by atoms with van der Waals surface area (Å²) in [5.41, 5.74) is 3.16. The van der Waals surface area contributed by atoms with Crippen molar-refractivity contribution in [1.29, 1.82) is 5.41 Å². The van der Waals surface area contributed by atoms with Gasteiger partial charge in [-0.25, -0.2) is 15.0 Å². The zero-order valence-corrected chi connectivity index (χ0v) is 19.4. The van der Waals surface area contributed by atoms with Gasteiger partial charge in [0.25, 0.3) is 0 Å². The highest BCUT2D eigenvalue weighted by atomic mass is 16.5. The molecule has 0 fully saturated rings. The van der Waals surface area contributed by atoms with Gasteiger partial charge in [-0.2, -0.15) is 0 Å². The van der Waals surface area contributed by atoms with Crippen LogP contribution in [0, 0.1) is 10.8 Å². The number of hydrogen-bond acceptors (Lipinski definition) is 8. The lowest BCUT2D eigenvalue weighted by molar-refractivity contribution is 0.359. The first-order valence-corrected chi connectivity index (χ1v) is 10.5. The predicted molar refractivity (Wildman–Crippen MR) is 132 cm³/mol. The Bertz CT molecular complexity index is 1130. The van der Waals surface area contributed by atoms with Gasteiger partial charge in [0, 0.05) is 48.9 Å². The molecule has 2 aromatic heterocycles. The Balaban J connectivity index is 1.94. The van der Waals surface area contributed by atoms with Gasteiger partial charge in [0.1, 0.15) is 11.3 Å². The summed E-state index contributed by atoms with van der Waals surface area (Å²) in [6.07, 6.45) is 6.60. The van der Waals surface area contributed by atoms with E-state index in [0.717, 1.165) is 33.5 Å². The molecule has 0 saturated carbocycles. The molecule has 4 N–H and O–H groups in total. The van der Waals surface area contributed by atoms with Crippen LogP contribution in [0.4, 0.5) is 17.5 Å². The van der Waals surface area contributed by atoms with Crippen LogP contribution in [0.2, 0.25) is 0 Å². The normalized spacial score (nSPS) is 12.9. The van der Waals surface area contributed by atoms with Crippen LogP contribution >= 0.6 is 0 Å². The lowest BCUT2D eigenvalue weighted by Crippen LogP contribution is -2.31. The summed E-state index contributed by atoms with van der Waals surface area (Å²) in [6.45, 7) is 8.69. The predicted octanol–water partition coefficient (Wildman–Crippen LogP) is 4.83. The van der Waals surface area contributed by atoms with E-state index in [1.807, 2.05) is 24.3 Å². The number of fused-ring (bicyclic) bond motifs is 1. The Kier molecular flexibility index (Phi) is 6.92. The number of nitrogens with one attached hydrogen (secondary N) is 4. The molecule has 0 unspecified atom stereocenters. The van der Waals surface area contributed by atoms with E-state index in [-0.39, 0.29) is 11.5 Å². The van der Waals surface area contributed by atoms with Crippen molar-refractivity contribution in [3.05, 3.63) is 48.4 Å². The van der Waals surface area contributed by atoms with Gasteiger partial charge >= 0.3 is 0 Å². The van der Waals surface area contributed by atoms with Crippen molar-refractivity contribution in [2.24, 2.45) is 5.41 Å². The first kappa shape index (κ1) is 23.0. The van der Waals surface area contributed by atoms with Gasteiger partial charge in [-0.1, -0.05) is 26.8 Å². The summed E-state index contributed by atoms with van der Waals surface area (Å²) in [7, 11) is 3.41. The number of anilines is 3. The molecule has 32 heavy (non-hydrogen) atoms. The maximum atomic E-state index is 7.62. The second-order valence-corrected chi connectivity index (χ2v) is 8.60. The van der Waals surface area contributed by atoms with Crippen LogP contribution in [0.15, 0.2) is 42.9 Å². The largest absolute Gasteiger partial charge is 0.495 e. The lowest BCUT2D eigenvalue weighted by atomic mass is 9.88. The first-order valence-electron chi connectivity index (χ1n) is 10.5. The van der Waals surface area contributed by atoms with Crippen molar-refractivity contribution < 1.29 is 4.74 Å². The number of aromatic nitrogens is 3. The standard InChI is InChI=1S/C24H31N7O/c1-15(24(2,3)4)29-22-21-17(9-10-27-22)14-28-23(31-21)30-19-8-7-16(11-20(19)32-6)18(12-25)13-26-5/h7-15,25-26H,1-6H3,(H,27,29)(H,28,30,31)/b18-13+,25-12?/t15-/m0/s1. The van der Waals surface area contributed by atoms with Gasteiger partial charge in [-0.05, 0) is 36.1 Å². The molecule has 3 rings (SSSR count). The topological polar surface area (TPSA) is 108 Å². The third kappa shape index (κ3) is 5.14. The van der Waals surface area contributed by atoms with Gasteiger partial charge in [-0.15, -0.1) is 0 Å². The maximum Gasteiger partial charge on any atom is 0.227 e. The van der Waals surface area contributed by atoms with Crippen molar-refractivity contribution in [3.8, 4) is 5.75 Å². The third-order valence-corrected chi connectivity index (χ3v) is 5.39. The number of ether oxygens (including phenoxy) is 1. The van der Waals surface area contributed by atoms with E-state index in [9.17, 15) is 0 Å². The minimum absolute atomic E-state index is 0.0736. The lowest BCUT2D eigenvalue weighted by Gasteiger charge is -2.28. The zero-order valence-electron chi connectivity index (χ0n) is 19.4. The molecule has 0 aliphatic carbocycles. The highest BCUT2D eigenvalue weighted by Crippen LogP contribution is 2.31. The van der Waals surface area contributed by atoms with E-state index >= 15 is 0 Å². The Morgan fingerprint density at radius 3 is 2.62 bits per heavy atom. The fourth-order valence-electron chi connectivity index (χ4n) is 3.00. The average molecular weight is 434 g/mol. The maximum absolute atomic E-state index is 7.62. The smallest absolute Gasteiger partial charge is 0.227 e. The van der Waals surface area contributed by atoms with E-state index in [2.05, 4.69) is 53.6 Å². The van der Waals surface area contributed by atoms with Crippen molar-refractivity contribution in [2.75, 3.05) is 24.8 Å². The Hall–Kier alpha value is -3.68. The molecule has 2 heterocycles. The SMILES string of the molecule is CN/C=C(\C=N)c1ccc(Nc2ncc3ccnc(N[C@@H](C)C(C)(C)C)c3n2)c(OC)c1. The summed E-state index contributed by atoms with van der Waals surface area (Å²) in [6, 6.07) is 7.78. The molecule has 0 aliphatic heterocycles. The molecule has 0 radical (unpaired) electrons.